The number of benzene rings is 2. The summed E-state index contributed by atoms with van der Waals surface area (Å²) in [6.07, 6.45) is 1.92. The molecular formula is C23H19F6N3O6S2. The molecule has 216 valence electrons. The molecule has 2 unspecified atom stereocenters. The molecule has 2 heterocycles. The summed E-state index contributed by atoms with van der Waals surface area (Å²) in [4.78, 5) is 18.8. The molecule has 2 aromatic carbocycles. The molecule has 1 amide bonds. The summed E-state index contributed by atoms with van der Waals surface area (Å²) in [7, 11) is -11.6. The van der Waals surface area contributed by atoms with Gasteiger partial charge >= 0.3 is 31.2 Å². The fourth-order valence-electron chi connectivity index (χ4n) is 5.43. The van der Waals surface area contributed by atoms with Crippen molar-refractivity contribution in [2.24, 2.45) is 0 Å². The molecule has 9 nitrogen and oxygen atoms in total. The molecule has 17 heteroatoms. The Morgan fingerprint density at radius 1 is 1.02 bits per heavy atom. The number of piperidine rings is 1. The minimum absolute atomic E-state index is 0.0114. The number of aromatic nitrogens is 2. The van der Waals surface area contributed by atoms with Gasteiger partial charge in [-0.1, -0.05) is 6.07 Å². The molecule has 1 fully saturated rings. The van der Waals surface area contributed by atoms with E-state index in [4.69, 9.17) is 0 Å². The number of fused-ring (bicyclic) bond motifs is 4. The molecule has 0 bridgehead atoms. The summed E-state index contributed by atoms with van der Waals surface area (Å²) < 4.78 is 129. The van der Waals surface area contributed by atoms with Crippen molar-refractivity contribution in [2.75, 3.05) is 6.54 Å². The van der Waals surface area contributed by atoms with Crippen molar-refractivity contribution < 1.29 is 52.2 Å². The van der Waals surface area contributed by atoms with Gasteiger partial charge in [0.05, 0.1) is 11.0 Å². The van der Waals surface area contributed by atoms with Crippen LogP contribution in [0.4, 0.5) is 26.3 Å². The largest absolute Gasteiger partial charge is 0.534 e. The molecule has 1 aromatic heterocycles. The highest BCUT2D eigenvalue weighted by molar-refractivity contribution is 7.91. The van der Waals surface area contributed by atoms with Crippen LogP contribution in [0, 0.1) is 6.92 Å². The summed E-state index contributed by atoms with van der Waals surface area (Å²) in [6.45, 7) is 1.76. The molecular weight excluding hydrogens is 592 g/mol. The van der Waals surface area contributed by atoms with Crippen LogP contribution in [0.5, 0.6) is 5.75 Å². The molecule has 2 atom stereocenters. The predicted molar refractivity (Wildman–Crippen MR) is 127 cm³/mol. The van der Waals surface area contributed by atoms with Crippen LogP contribution in [-0.4, -0.2) is 60.2 Å². The molecule has 2 aliphatic rings. The zero-order chi connectivity index (χ0) is 29.4. The van der Waals surface area contributed by atoms with E-state index in [-0.39, 0.29) is 32.1 Å². The van der Waals surface area contributed by atoms with Crippen LogP contribution < -0.4 is 4.18 Å². The third kappa shape index (κ3) is 4.38. The lowest BCUT2D eigenvalue weighted by molar-refractivity contribution is -0.0500. The number of likely N-dealkylation sites (tertiary alicyclic amines) is 1. The fraction of sp³-hybridized carbons (Fsp3) is 0.391. The molecule has 0 spiro atoms. The van der Waals surface area contributed by atoms with Crippen molar-refractivity contribution in [3.8, 4) is 5.75 Å². The number of carbonyl (C=O) groups excluding carboxylic acids is 1. The lowest BCUT2D eigenvalue weighted by Crippen LogP contribution is -2.46. The smallest absolute Gasteiger partial charge is 0.376 e. The topological polar surface area (TPSA) is 116 Å². The van der Waals surface area contributed by atoms with Crippen molar-refractivity contribution in [3.63, 3.8) is 0 Å². The first kappa shape index (κ1) is 28.2. The number of halogens is 6. The van der Waals surface area contributed by atoms with Gasteiger partial charge in [0.25, 0.3) is 5.91 Å². The van der Waals surface area contributed by atoms with Gasteiger partial charge in [-0.25, -0.2) is 8.96 Å². The minimum atomic E-state index is -5.89. The Bertz CT molecular complexity index is 1750. The monoisotopic (exact) mass is 611 g/mol. The number of imidazole rings is 1. The minimum Gasteiger partial charge on any atom is -0.376 e. The van der Waals surface area contributed by atoms with E-state index in [1.807, 2.05) is 0 Å². The second kappa shape index (κ2) is 9.09. The molecule has 0 saturated carbocycles. The maximum Gasteiger partial charge on any atom is 0.534 e. The van der Waals surface area contributed by atoms with Gasteiger partial charge in [0.15, 0.2) is 0 Å². The van der Waals surface area contributed by atoms with Gasteiger partial charge in [-0.15, -0.1) is 0 Å². The van der Waals surface area contributed by atoms with Gasteiger partial charge in [-0.2, -0.15) is 43.2 Å². The molecule has 1 saturated heterocycles. The zero-order valence-electron chi connectivity index (χ0n) is 20.3. The third-order valence-electron chi connectivity index (χ3n) is 7.19. The van der Waals surface area contributed by atoms with Crippen LogP contribution >= 0.6 is 0 Å². The quantitative estimate of drug-likeness (QED) is 0.247. The molecule has 1 aliphatic heterocycles. The van der Waals surface area contributed by atoms with Crippen LogP contribution in [0.25, 0.3) is 11.0 Å². The van der Waals surface area contributed by atoms with Crippen LogP contribution in [0.15, 0.2) is 36.7 Å². The summed E-state index contributed by atoms with van der Waals surface area (Å²) >= 11 is 0. The Balaban J connectivity index is 1.44. The second-order valence-corrected chi connectivity index (χ2v) is 12.8. The van der Waals surface area contributed by atoms with E-state index in [2.05, 4.69) is 9.17 Å². The van der Waals surface area contributed by atoms with Crippen LogP contribution in [0.2, 0.25) is 0 Å². The molecule has 0 radical (unpaired) electrons. The van der Waals surface area contributed by atoms with Crippen LogP contribution in [-0.2, 0) is 26.6 Å². The first-order valence-corrected chi connectivity index (χ1v) is 14.5. The van der Waals surface area contributed by atoms with E-state index in [1.54, 1.807) is 4.90 Å². The first-order valence-electron chi connectivity index (χ1n) is 11.7. The number of carbonyl (C=O) groups is 1. The average Bonchev–Trinajstić information content (AvgIpc) is 3.45. The Morgan fingerprint density at radius 3 is 2.38 bits per heavy atom. The first-order chi connectivity index (χ1) is 18.4. The number of hydrogen-bond donors (Lipinski definition) is 0. The lowest BCUT2D eigenvalue weighted by atomic mass is 9.86. The summed E-state index contributed by atoms with van der Waals surface area (Å²) in [5.41, 5.74) is -10.1. The van der Waals surface area contributed by atoms with Crippen molar-refractivity contribution in [2.45, 2.75) is 49.2 Å². The maximum atomic E-state index is 13.5. The van der Waals surface area contributed by atoms with Crippen molar-refractivity contribution in [1.82, 2.24) is 13.9 Å². The number of nitrogens with zero attached hydrogens (tertiary/aromatic N) is 3. The van der Waals surface area contributed by atoms with Crippen LogP contribution in [0.3, 0.4) is 0 Å². The van der Waals surface area contributed by atoms with E-state index < -0.39 is 48.9 Å². The van der Waals surface area contributed by atoms with E-state index in [9.17, 15) is 48.0 Å². The Morgan fingerprint density at radius 2 is 1.73 bits per heavy atom. The Labute approximate surface area is 223 Å². The van der Waals surface area contributed by atoms with Gasteiger partial charge in [0.1, 0.15) is 12.1 Å². The lowest BCUT2D eigenvalue weighted by Gasteiger charge is -2.38. The van der Waals surface area contributed by atoms with E-state index in [0.717, 1.165) is 17.7 Å². The molecule has 3 aromatic rings. The number of alkyl halides is 6. The summed E-state index contributed by atoms with van der Waals surface area (Å²) in [5, 5.41) is 0. The number of hydrogen-bond acceptors (Lipinski definition) is 7. The van der Waals surface area contributed by atoms with Gasteiger partial charge in [-0.3, -0.25) is 4.79 Å². The molecule has 5 rings (SSSR count). The highest BCUT2D eigenvalue weighted by Crippen LogP contribution is 2.46. The van der Waals surface area contributed by atoms with Gasteiger partial charge in [0, 0.05) is 24.1 Å². The predicted octanol–water partition coefficient (Wildman–Crippen LogP) is 4.22. The fourth-order valence-corrected chi connectivity index (χ4v) is 6.75. The van der Waals surface area contributed by atoms with Gasteiger partial charge in [-0.05, 0) is 67.1 Å². The number of rotatable bonds is 4. The highest BCUT2D eigenvalue weighted by Gasteiger charge is 2.50. The van der Waals surface area contributed by atoms with Crippen molar-refractivity contribution >= 4 is 37.1 Å². The normalized spacial score (nSPS) is 19.9. The Hall–Kier alpha value is -3.34. The van der Waals surface area contributed by atoms with E-state index in [0.29, 0.717) is 37.7 Å². The van der Waals surface area contributed by atoms with Crippen LogP contribution in [0.1, 0.15) is 45.8 Å². The molecule has 0 N–H and O–H groups in total. The standard InChI is InChI=1S/C23H19F6N3O6S2/c1-12-19(38-40(36,37)23(27,28)29)7-5-13-10-18-15(20(12)13)3-2-8-31(18)21(33)14-4-6-17-16(9-14)30-11-32(17)39(34,35)22(24,25)26/h4-7,9,11,15,18H,2-3,8,10H2,1H3. The second-order valence-electron chi connectivity index (χ2n) is 9.46. The van der Waals surface area contributed by atoms with Crippen molar-refractivity contribution in [3.05, 3.63) is 58.9 Å². The Kier molecular flexibility index (Phi) is 6.41. The van der Waals surface area contributed by atoms with Crippen molar-refractivity contribution in [1.29, 1.82) is 0 Å². The van der Waals surface area contributed by atoms with E-state index in [1.165, 1.54) is 25.1 Å². The maximum absolute atomic E-state index is 13.5. The van der Waals surface area contributed by atoms with Gasteiger partial charge < -0.3 is 9.08 Å². The number of amides is 1. The molecule has 40 heavy (non-hydrogen) atoms. The summed E-state index contributed by atoms with van der Waals surface area (Å²) in [5.74, 6) is -1.29. The van der Waals surface area contributed by atoms with E-state index >= 15 is 0 Å². The van der Waals surface area contributed by atoms with Gasteiger partial charge in [0.2, 0.25) is 0 Å². The summed E-state index contributed by atoms with van der Waals surface area (Å²) in [6, 6.07) is 5.61. The highest BCUT2D eigenvalue weighted by atomic mass is 32.2. The third-order valence-corrected chi connectivity index (χ3v) is 9.55. The molecule has 1 aliphatic carbocycles. The SMILES string of the molecule is Cc1c(OS(=O)(=O)C(F)(F)F)ccc2c1C1CCCN(C(=O)c3ccc4c(c3)ncn4S(=O)(=O)C(F)(F)F)C1C2. The zero-order valence-corrected chi connectivity index (χ0v) is 22.0. The average molecular weight is 612 g/mol.